The topological polar surface area (TPSA) is 58.0 Å². The molecule has 1 saturated carbocycles. The summed E-state index contributed by atoms with van der Waals surface area (Å²) in [5.41, 5.74) is 0.522. The van der Waals surface area contributed by atoms with Gasteiger partial charge in [0.25, 0.3) is 0 Å². The first kappa shape index (κ1) is 14.5. The molecule has 4 nitrogen and oxygen atoms in total. The molecular weight excluding hydrogens is 262 g/mol. The lowest BCUT2D eigenvalue weighted by atomic mass is 9.94. The summed E-state index contributed by atoms with van der Waals surface area (Å²) in [4.78, 5) is 8.96. The molecule has 2 rings (SSSR count). The largest absolute Gasteiger partial charge is 0.394 e. The van der Waals surface area contributed by atoms with Gasteiger partial charge in [-0.05, 0) is 32.6 Å². The predicted molar refractivity (Wildman–Crippen MR) is 77.8 cm³/mol. The molecule has 1 aromatic heterocycles. The molecule has 0 atom stereocenters. The predicted octanol–water partition coefficient (Wildman–Crippen LogP) is 3.28. The summed E-state index contributed by atoms with van der Waals surface area (Å²) >= 11 is 6.20. The van der Waals surface area contributed by atoms with Gasteiger partial charge in [0.05, 0.1) is 12.1 Å². The van der Waals surface area contributed by atoms with Gasteiger partial charge in [0.15, 0.2) is 0 Å². The van der Waals surface area contributed by atoms with Gasteiger partial charge in [-0.2, -0.15) is 0 Å². The lowest BCUT2D eigenvalue weighted by Gasteiger charge is -2.32. The lowest BCUT2D eigenvalue weighted by Crippen LogP contribution is -2.41. The summed E-state index contributed by atoms with van der Waals surface area (Å²) in [7, 11) is 0. The standard InChI is InChI=1S/C14H22ClN3O/c1-4-14(5-2,8-19)18-12-9(3)11(15)16-13(17-12)10-6-7-10/h10,19H,4-8H2,1-3H3,(H,16,17,18). The van der Waals surface area contributed by atoms with Crippen molar-refractivity contribution in [3.05, 3.63) is 16.5 Å². The van der Waals surface area contributed by atoms with E-state index in [0.29, 0.717) is 11.1 Å². The van der Waals surface area contributed by atoms with Gasteiger partial charge < -0.3 is 10.4 Å². The van der Waals surface area contributed by atoms with E-state index in [2.05, 4.69) is 29.1 Å². The summed E-state index contributed by atoms with van der Waals surface area (Å²) in [5, 5.41) is 13.6. The minimum absolute atomic E-state index is 0.0832. The highest BCUT2D eigenvalue weighted by molar-refractivity contribution is 6.30. The summed E-state index contributed by atoms with van der Waals surface area (Å²) in [5.74, 6) is 2.06. The highest BCUT2D eigenvalue weighted by Gasteiger charge is 2.30. The van der Waals surface area contributed by atoms with Gasteiger partial charge >= 0.3 is 0 Å². The number of aromatic nitrogens is 2. The van der Waals surface area contributed by atoms with Crippen molar-refractivity contribution in [1.29, 1.82) is 0 Å². The first-order valence-corrected chi connectivity index (χ1v) is 7.36. The maximum atomic E-state index is 9.65. The zero-order valence-electron chi connectivity index (χ0n) is 11.8. The van der Waals surface area contributed by atoms with E-state index in [4.69, 9.17) is 11.6 Å². The van der Waals surface area contributed by atoms with Crippen LogP contribution < -0.4 is 5.32 Å². The van der Waals surface area contributed by atoms with Crippen molar-refractivity contribution in [1.82, 2.24) is 9.97 Å². The second-order valence-electron chi connectivity index (χ2n) is 5.39. The molecule has 1 aliphatic carbocycles. The van der Waals surface area contributed by atoms with Crippen LogP contribution in [0, 0.1) is 6.92 Å². The quantitative estimate of drug-likeness (QED) is 0.787. The monoisotopic (exact) mass is 283 g/mol. The Morgan fingerprint density at radius 3 is 2.42 bits per heavy atom. The molecule has 1 aromatic rings. The molecule has 1 fully saturated rings. The van der Waals surface area contributed by atoms with Gasteiger partial charge in [-0.3, -0.25) is 0 Å². The van der Waals surface area contributed by atoms with Crippen LogP contribution in [0.15, 0.2) is 0 Å². The van der Waals surface area contributed by atoms with Crippen LogP contribution in [-0.2, 0) is 0 Å². The number of anilines is 1. The minimum atomic E-state index is -0.330. The molecule has 0 unspecified atom stereocenters. The second kappa shape index (κ2) is 5.63. The van der Waals surface area contributed by atoms with Gasteiger partial charge in [0.1, 0.15) is 16.8 Å². The van der Waals surface area contributed by atoms with Crippen LogP contribution in [0.25, 0.3) is 0 Å². The van der Waals surface area contributed by atoms with E-state index in [9.17, 15) is 5.11 Å². The number of hydrogen-bond acceptors (Lipinski definition) is 4. The molecule has 5 heteroatoms. The fraction of sp³-hybridized carbons (Fsp3) is 0.714. The van der Waals surface area contributed by atoms with Crippen LogP contribution in [0.2, 0.25) is 5.15 Å². The third kappa shape index (κ3) is 3.00. The Kier molecular flexibility index (Phi) is 4.31. The average molecular weight is 284 g/mol. The van der Waals surface area contributed by atoms with Crippen molar-refractivity contribution in [3.8, 4) is 0 Å². The summed E-state index contributed by atoms with van der Waals surface area (Å²) in [6.45, 7) is 6.12. The number of nitrogens with one attached hydrogen (secondary N) is 1. The van der Waals surface area contributed by atoms with Crippen molar-refractivity contribution in [2.45, 2.75) is 57.9 Å². The van der Waals surface area contributed by atoms with E-state index >= 15 is 0 Å². The number of aliphatic hydroxyl groups is 1. The van der Waals surface area contributed by atoms with Crippen molar-refractivity contribution < 1.29 is 5.11 Å². The van der Waals surface area contributed by atoms with E-state index < -0.39 is 0 Å². The maximum absolute atomic E-state index is 9.65. The van der Waals surface area contributed by atoms with Crippen molar-refractivity contribution in [2.75, 3.05) is 11.9 Å². The SMILES string of the molecule is CCC(CC)(CO)Nc1nc(C2CC2)nc(Cl)c1C. The molecular formula is C14H22ClN3O. The zero-order chi connectivity index (χ0) is 14.0. The average Bonchev–Trinajstić information content (AvgIpc) is 3.25. The third-order valence-electron chi connectivity index (χ3n) is 4.09. The van der Waals surface area contributed by atoms with Crippen LogP contribution in [0.4, 0.5) is 5.82 Å². The number of hydrogen-bond donors (Lipinski definition) is 2. The fourth-order valence-corrected chi connectivity index (χ4v) is 2.27. The molecule has 106 valence electrons. The molecule has 0 radical (unpaired) electrons. The van der Waals surface area contributed by atoms with Gasteiger partial charge in [-0.15, -0.1) is 0 Å². The fourth-order valence-electron chi connectivity index (χ4n) is 2.09. The van der Waals surface area contributed by atoms with E-state index in [-0.39, 0.29) is 12.1 Å². The molecule has 1 heterocycles. The van der Waals surface area contributed by atoms with Crippen molar-refractivity contribution >= 4 is 17.4 Å². The van der Waals surface area contributed by atoms with Gasteiger partial charge in [-0.25, -0.2) is 9.97 Å². The van der Waals surface area contributed by atoms with Crippen molar-refractivity contribution in [2.24, 2.45) is 0 Å². The normalized spacial score (nSPS) is 15.6. The van der Waals surface area contributed by atoms with Crippen LogP contribution in [0.1, 0.15) is 56.8 Å². The highest BCUT2D eigenvalue weighted by atomic mass is 35.5. The van der Waals surface area contributed by atoms with Crippen molar-refractivity contribution in [3.63, 3.8) is 0 Å². The Morgan fingerprint density at radius 1 is 1.32 bits per heavy atom. The van der Waals surface area contributed by atoms with Crippen LogP contribution >= 0.6 is 11.6 Å². The minimum Gasteiger partial charge on any atom is -0.394 e. The number of nitrogens with zero attached hydrogens (tertiary/aromatic N) is 2. The molecule has 1 aliphatic rings. The Bertz CT molecular complexity index is 448. The summed E-state index contributed by atoms with van der Waals surface area (Å²) in [6.07, 6.45) is 3.96. The summed E-state index contributed by atoms with van der Waals surface area (Å²) in [6, 6.07) is 0. The maximum Gasteiger partial charge on any atom is 0.137 e. The molecule has 0 spiro atoms. The van der Waals surface area contributed by atoms with Gasteiger partial charge in [-0.1, -0.05) is 25.4 Å². The molecule has 0 aromatic carbocycles. The van der Waals surface area contributed by atoms with Crippen LogP contribution in [-0.4, -0.2) is 27.2 Å². The smallest absolute Gasteiger partial charge is 0.137 e. The first-order chi connectivity index (χ1) is 9.05. The summed E-state index contributed by atoms with van der Waals surface area (Å²) < 4.78 is 0. The van der Waals surface area contributed by atoms with Crippen LogP contribution in [0.3, 0.4) is 0 Å². The first-order valence-electron chi connectivity index (χ1n) is 6.98. The second-order valence-corrected chi connectivity index (χ2v) is 5.75. The molecule has 0 bridgehead atoms. The zero-order valence-corrected chi connectivity index (χ0v) is 12.6. The van der Waals surface area contributed by atoms with Gasteiger partial charge in [0.2, 0.25) is 0 Å². The molecule has 0 aliphatic heterocycles. The van der Waals surface area contributed by atoms with E-state index in [1.54, 1.807) is 0 Å². The van der Waals surface area contributed by atoms with E-state index in [1.165, 1.54) is 0 Å². The lowest BCUT2D eigenvalue weighted by molar-refractivity contribution is 0.202. The van der Waals surface area contributed by atoms with Gasteiger partial charge in [0, 0.05) is 11.5 Å². The molecule has 2 N–H and O–H groups in total. The Hall–Kier alpha value is -0.870. The molecule has 0 amide bonds. The Labute approximate surface area is 119 Å². The van der Waals surface area contributed by atoms with Crippen LogP contribution in [0.5, 0.6) is 0 Å². The Morgan fingerprint density at radius 2 is 1.95 bits per heavy atom. The molecule has 19 heavy (non-hydrogen) atoms. The van der Waals surface area contributed by atoms with E-state index in [1.807, 2.05) is 6.92 Å². The Balaban J connectivity index is 2.32. The number of rotatable bonds is 6. The molecule has 0 saturated heterocycles. The highest BCUT2D eigenvalue weighted by Crippen LogP contribution is 2.39. The van der Waals surface area contributed by atoms with E-state index in [0.717, 1.165) is 42.9 Å². The number of halogens is 1. The number of aliphatic hydroxyl groups excluding tert-OH is 1. The third-order valence-corrected chi connectivity index (χ3v) is 4.45.